The maximum atomic E-state index is 12.4. The van der Waals surface area contributed by atoms with Gasteiger partial charge in [0.05, 0.1) is 17.4 Å². The Morgan fingerprint density at radius 3 is 2.93 bits per heavy atom. The molecule has 1 amide bonds. The number of aromatic nitrogens is 2. The minimum absolute atomic E-state index is 0.0714. The highest BCUT2D eigenvalue weighted by Crippen LogP contribution is 2.37. The Morgan fingerprint density at radius 1 is 1.32 bits per heavy atom. The van der Waals surface area contributed by atoms with Crippen LogP contribution in [0.4, 0.5) is 5.69 Å². The minimum atomic E-state index is -0.0714. The molecule has 0 aliphatic carbocycles. The number of carbonyl (C=O) groups is 1. The van der Waals surface area contributed by atoms with Crippen molar-refractivity contribution in [3.05, 3.63) is 52.8 Å². The largest absolute Gasteiger partial charge is 0.397 e. The molecule has 0 aromatic carbocycles. The highest BCUT2D eigenvalue weighted by Gasteiger charge is 2.26. The lowest BCUT2D eigenvalue weighted by molar-refractivity contribution is 0.0833. The summed E-state index contributed by atoms with van der Waals surface area (Å²) in [4.78, 5) is 27.0. The minimum Gasteiger partial charge on any atom is -0.397 e. The highest BCUT2D eigenvalue weighted by molar-refractivity contribution is 7.21. The standard InChI is InChI=1S/C21H25N5OS/c1-25(2)21(27)19-18(22)15-8-9-16(24-20(15)28-19)17-7-3-4-11-26(17)13-14-6-5-10-23-12-14/h5-6,8-10,12,17H,3-4,7,11,13,22H2,1-2H3/t17-/m1/s1. The van der Waals surface area contributed by atoms with Gasteiger partial charge in [-0.25, -0.2) is 4.98 Å². The number of likely N-dealkylation sites (tertiary alicyclic amines) is 1. The number of nitrogen functional groups attached to an aromatic ring is 1. The van der Waals surface area contributed by atoms with Crippen molar-refractivity contribution in [3.63, 3.8) is 0 Å². The zero-order chi connectivity index (χ0) is 19.7. The Labute approximate surface area is 169 Å². The van der Waals surface area contributed by atoms with Crippen molar-refractivity contribution in [1.29, 1.82) is 0 Å². The molecular formula is C21H25N5OS. The van der Waals surface area contributed by atoms with Gasteiger partial charge in [-0.15, -0.1) is 11.3 Å². The number of hydrogen-bond acceptors (Lipinski definition) is 6. The average molecular weight is 396 g/mol. The lowest BCUT2D eigenvalue weighted by Gasteiger charge is -2.35. The van der Waals surface area contributed by atoms with Crippen LogP contribution in [0.2, 0.25) is 0 Å². The van der Waals surface area contributed by atoms with Crippen molar-refractivity contribution in [3.8, 4) is 0 Å². The summed E-state index contributed by atoms with van der Waals surface area (Å²) in [6.45, 7) is 1.92. The van der Waals surface area contributed by atoms with Crippen LogP contribution >= 0.6 is 11.3 Å². The van der Waals surface area contributed by atoms with Crippen LogP contribution < -0.4 is 5.73 Å². The quantitative estimate of drug-likeness (QED) is 0.729. The molecule has 1 saturated heterocycles. The van der Waals surface area contributed by atoms with Crippen LogP contribution in [0.15, 0.2) is 36.7 Å². The van der Waals surface area contributed by atoms with E-state index in [1.807, 2.05) is 18.3 Å². The first-order valence-electron chi connectivity index (χ1n) is 9.58. The first kappa shape index (κ1) is 18.8. The number of amides is 1. The third-order valence-corrected chi connectivity index (χ3v) is 6.38. The lowest BCUT2D eigenvalue weighted by Crippen LogP contribution is -2.33. The Balaban J connectivity index is 1.65. The molecule has 0 bridgehead atoms. The molecular weight excluding hydrogens is 370 g/mol. The number of nitrogens with two attached hydrogens (primary N) is 1. The maximum absolute atomic E-state index is 12.4. The average Bonchev–Trinajstić information content (AvgIpc) is 3.04. The second-order valence-electron chi connectivity index (χ2n) is 7.48. The molecule has 1 atom stereocenters. The number of hydrogen-bond donors (Lipinski definition) is 1. The van der Waals surface area contributed by atoms with Gasteiger partial charge in [-0.05, 0) is 43.1 Å². The topological polar surface area (TPSA) is 75.4 Å². The summed E-state index contributed by atoms with van der Waals surface area (Å²) >= 11 is 1.39. The van der Waals surface area contributed by atoms with E-state index in [-0.39, 0.29) is 11.9 Å². The molecule has 4 heterocycles. The molecule has 0 radical (unpaired) electrons. The van der Waals surface area contributed by atoms with E-state index in [1.165, 1.54) is 29.7 Å². The van der Waals surface area contributed by atoms with E-state index in [9.17, 15) is 4.79 Å². The van der Waals surface area contributed by atoms with Crippen LogP contribution in [0.1, 0.15) is 46.2 Å². The predicted octanol–water partition coefficient (Wildman–Crippen LogP) is 3.70. The van der Waals surface area contributed by atoms with Crippen molar-refractivity contribution < 1.29 is 4.79 Å². The van der Waals surface area contributed by atoms with E-state index in [0.717, 1.165) is 35.4 Å². The van der Waals surface area contributed by atoms with E-state index < -0.39 is 0 Å². The molecule has 0 unspecified atom stereocenters. The molecule has 1 aliphatic heterocycles. The van der Waals surface area contributed by atoms with Crippen molar-refractivity contribution >= 4 is 33.1 Å². The number of fused-ring (bicyclic) bond motifs is 1. The second-order valence-corrected chi connectivity index (χ2v) is 8.48. The van der Waals surface area contributed by atoms with Crippen LogP contribution in [-0.2, 0) is 6.54 Å². The second kappa shape index (κ2) is 7.85. The summed E-state index contributed by atoms with van der Waals surface area (Å²) in [5.41, 5.74) is 9.05. The number of anilines is 1. The monoisotopic (exact) mass is 395 g/mol. The number of nitrogens with zero attached hydrogens (tertiary/aromatic N) is 4. The molecule has 2 N–H and O–H groups in total. The van der Waals surface area contributed by atoms with Gasteiger partial charge in [0.25, 0.3) is 5.91 Å². The summed E-state index contributed by atoms with van der Waals surface area (Å²) in [5.74, 6) is -0.0714. The van der Waals surface area contributed by atoms with E-state index in [0.29, 0.717) is 10.6 Å². The first-order chi connectivity index (χ1) is 13.5. The van der Waals surface area contributed by atoms with Gasteiger partial charge in [-0.3, -0.25) is 14.7 Å². The fourth-order valence-corrected chi connectivity index (χ4v) is 4.92. The predicted molar refractivity (Wildman–Crippen MR) is 113 cm³/mol. The van der Waals surface area contributed by atoms with Gasteiger partial charge < -0.3 is 10.6 Å². The van der Waals surface area contributed by atoms with Crippen molar-refractivity contribution in [2.75, 3.05) is 26.4 Å². The smallest absolute Gasteiger partial charge is 0.265 e. The van der Waals surface area contributed by atoms with Crippen molar-refractivity contribution in [1.82, 2.24) is 19.8 Å². The van der Waals surface area contributed by atoms with Gasteiger partial charge in [-0.2, -0.15) is 0 Å². The summed E-state index contributed by atoms with van der Waals surface area (Å²) in [5, 5.41) is 0.869. The van der Waals surface area contributed by atoms with Gasteiger partial charge in [0.1, 0.15) is 9.71 Å². The lowest BCUT2D eigenvalue weighted by atomic mass is 9.98. The fraction of sp³-hybridized carbons (Fsp3) is 0.381. The Hall–Kier alpha value is -2.51. The van der Waals surface area contributed by atoms with Crippen LogP contribution in [0.5, 0.6) is 0 Å². The molecule has 1 fully saturated rings. The molecule has 1 aliphatic rings. The molecule has 4 rings (SSSR count). The van der Waals surface area contributed by atoms with Crippen LogP contribution in [0, 0.1) is 0 Å². The SMILES string of the molecule is CN(C)C(=O)c1sc2nc([C@H]3CCCCN3Cc3cccnc3)ccc2c1N. The van der Waals surface area contributed by atoms with Crippen LogP contribution in [-0.4, -0.2) is 46.3 Å². The van der Waals surface area contributed by atoms with Gasteiger partial charge in [0.15, 0.2) is 0 Å². The molecule has 0 spiro atoms. The number of carbonyl (C=O) groups excluding carboxylic acids is 1. The van der Waals surface area contributed by atoms with Crippen LogP contribution in [0.25, 0.3) is 10.2 Å². The number of rotatable bonds is 4. The third kappa shape index (κ3) is 3.59. The first-order valence-corrected chi connectivity index (χ1v) is 10.4. The third-order valence-electron chi connectivity index (χ3n) is 5.28. The number of piperidine rings is 1. The van der Waals surface area contributed by atoms with Crippen molar-refractivity contribution in [2.45, 2.75) is 31.8 Å². The molecule has 3 aromatic heterocycles. The summed E-state index contributed by atoms with van der Waals surface area (Å²) in [6, 6.07) is 8.47. The van der Waals surface area contributed by atoms with E-state index >= 15 is 0 Å². The molecule has 146 valence electrons. The summed E-state index contributed by atoms with van der Waals surface area (Å²) in [7, 11) is 3.48. The molecule has 3 aromatic rings. The van der Waals surface area contributed by atoms with E-state index in [4.69, 9.17) is 10.7 Å². The Kier molecular flexibility index (Phi) is 5.28. The van der Waals surface area contributed by atoms with Gasteiger partial charge in [0.2, 0.25) is 0 Å². The molecule has 0 saturated carbocycles. The molecule has 7 heteroatoms. The van der Waals surface area contributed by atoms with E-state index in [1.54, 1.807) is 25.2 Å². The number of pyridine rings is 2. The van der Waals surface area contributed by atoms with Crippen LogP contribution in [0.3, 0.4) is 0 Å². The van der Waals surface area contributed by atoms with Crippen molar-refractivity contribution in [2.24, 2.45) is 0 Å². The van der Waals surface area contributed by atoms with Gasteiger partial charge in [-0.1, -0.05) is 12.5 Å². The van der Waals surface area contributed by atoms with Gasteiger partial charge >= 0.3 is 0 Å². The zero-order valence-electron chi connectivity index (χ0n) is 16.3. The summed E-state index contributed by atoms with van der Waals surface area (Å²) in [6.07, 6.45) is 7.22. The van der Waals surface area contributed by atoms with E-state index in [2.05, 4.69) is 22.0 Å². The Morgan fingerprint density at radius 2 is 2.18 bits per heavy atom. The summed E-state index contributed by atoms with van der Waals surface area (Å²) < 4.78 is 0. The normalized spacial score (nSPS) is 17.7. The highest BCUT2D eigenvalue weighted by atomic mass is 32.1. The van der Waals surface area contributed by atoms with Gasteiger partial charge in [0, 0.05) is 38.4 Å². The molecule has 6 nitrogen and oxygen atoms in total. The fourth-order valence-electron chi connectivity index (χ4n) is 3.80. The number of thiophene rings is 1. The molecule has 28 heavy (non-hydrogen) atoms. The maximum Gasteiger partial charge on any atom is 0.265 e. The zero-order valence-corrected chi connectivity index (χ0v) is 17.1. The Bertz CT molecular complexity index is 985.